The van der Waals surface area contributed by atoms with Gasteiger partial charge >= 0.3 is 6.09 Å². The first kappa shape index (κ1) is 19.5. The van der Waals surface area contributed by atoms with Crippen LogP contribution in [0.2, 0.25) is 0 Å². The number of nitrogens with zero attached hydrogens (tertiary/aromatic N) is 2. The highest BCUT2D eigenvalue weighted by Gasteiger charge is 2.15. The number of aryl methyl sites for hydroxylation is 1. The first-order chi connectivity index (χ1) is 11.7. The molecule has 25 heavy (non-hydrogen) atoms. The molecule has 2 aromatic rings. The van der Waals surface area contributed by atoms with E-state index >= 15 is 0 Å². The fourth-order valence-corrected chi connectivity index (χ4v) is 3.05. The molecule has 0 aliphatic carbocycles. The summed E-state index contributed by atoms with van der Waals surface area (Å²) in [4.78, 5) is 28.1. The number of nitrogens with one attached hydrogen (secondary N) is 2. The van der Waals surface area contributed by atoms with Crippen molar-refractivity contribution in [1.29, 1.82) is 0 Å². The summed E-state index contributed by atoms with van der Waals surface area (Å²) in [6.45, 7) is 6.32. The molecule has 136 valence electrons. The smallest absolute Gasteiger partial charge is 0.407 e. The lowest BCUT2D eigenvalue weighted by Crippen LogP contribution is -2.34. The predicted octanol–water partition coefficient (Wildman–Crippen LogP) is 2.82. The number of carbonyl (C=O) groups is 2. The van der Waals surface area contributed by atoms with E-state index in [0.29, 0.717) is 25.1 Å². The van der Waals surface area contributed by atoms with Crippen LogP contribution in [-0.4, -0.2) is 40.2 Å². The third-order valence-corrected chi connectivity index (χ3v) is 4.19. The largest absolute Gasteiger partial charge is 0.444 e. The van der Waals surface area contributed by atoms with E-state index in [-0.39, 0.29) is 5.91 Å². The standard InChI is InChI=1S/C17H23IN4O3/c1-17(2,3)25-16(24)20-7-5-6-19-15(23)11-8-12-13(18)10-22(4)14(12)21-9-11/h8-10H,5-7H2,1-4H3,(H,19,23)(H,20,24). The van der Waals surface area contributed by atoms with Crippen LogP contribution in [0.1, 0.15) is 37.6 Å². The van der Waals surface area contributed by atoms with Gasteiger partial charge in [-0.15, -0.1) is 0 Å². The topological polar surface area (TPSA) is 85.2 Å². The molecule has 0 aromatic carbocycles. The van der Waals surface area contributed by atoms with Crippen LogP contribution in [0.3, 0.4) is 0 Å². The Balaban J connectivity index is 1.79. The van der Waals surface area contributed by atoms with E-state index in [1.807, 2.05) is 44.6 Å². The lowest BCUT2D eigenvalue weighted by Gasteiger charge is -2.19. The summed E-state index contributed by atoms with van der Waals surface area (Å²) in [5.74, 6) is -0.175. The molecule has 0 saturated heterocycles. The van der Waals surface area contributed by atoms with Gasteiger partial charge in [0.2, 0.25) is 0 Å². The lowest BCUT2D eigenvalue weighted by molar-refractivity contribution is 0.0527. The molecule has 2 amide bonds. The van der Waals surface area contributed by atoms with Gasteiger partial charge < -0.3 is 19.9 Å². The molecule has 0 saturated carbocycles. The molecular formula is C17H23IN4O3. The molecule has 0 fully saturated rings. The second kappa shape index (κ2) is 8.03. The molecule has 0 spiro atoms. The summed E-state index contributed by atoms with van der Waals surface area (Å²) in [7, 11) is 1.93. The molecule has 2 aromatic heterocycles. The summed E-state index contributed by atoms with van der Waals surface area (Å²) in [6, 6.07) is 1.85. The van der Waals surface area contributed by atoms with Crippen LogP contribution in [0.5, 0.6) is 0 Å². The Bertz CT molecular complexity index is 780. The Morgan fingerprint density at radius 1 is 1.28 bits per heavy atom. The van der Waals surface area contributed by atoms with Crippen LogP contribution in [0, 0.1) is 3.57 Å². The van der Waals surface area contributed by atoms with Gasteiger partial charge in [-0.3, -0.25) is 4.79 Å². The molecule has 8 heteroatoms. The minimum absolute atomic E-state index is 0.175. The fourth-order valence-electron chi connectivity index (χ4n) is 2.24. The molecule has 0 aliphatic rings. The van der Waals surface area contributed by atoms with Gasteiger partial charge in [0.1, 0.15) is 11.2 Å². The van der Waals surface area contributed by atoms with Gasteiger partial charge in [0, 0.05) is 41.5 Å². The van der Waals surface area contributed by atoms with Gasteiger partial charge in [-0.2, -0.15) is 0 Å². The number of halogens is 1. The van der Waals surface area contributed by atoms with Crippen molar-refractivity contribution in [3.63, 3.8) is 0 Å². The third kappa shape index (κ3) is 5.58. The van der Waals surface area contributed by atoms with Gasteiger partial charge in [0.25, 0.3) is 5.91 Å². The Morgan fingerprint density at radius 2 is 1.96 bits per heavy atom. The maximum absolute atomic E-state index is 12.2. The summed E-state index contributed by atoms with van der Waals surface area (Å²) < 4.78 is 8.13. The summed E-state index contributed by atoms with van der Waals surface area (Å²) in [6.07, 6.45) is 3.71. The minimum Gasteiger partial charge on any atom is -0.444 e. The number of ether oxygens (including phenoxy) is 1. The van der Waals surface area contributed by atoms with Crippen LogP contribution in [0.4, 0.5) is 4.79 Å². The van der Waals surface area contributed by atoms with Gasteiger partial charge in [-0.25, -0.2) is 9.78 Å². The fraction of sp³-hybridized carbons (Fsp3) is 0.471. The first-order valence-electron chi connectivity index (χ1n) is 8.03. The Labute approximate surface area is 160 Å². The number of amides is 2. The average Bonchev–Trinajstić information content (AvgIpc) is 2.79. The number of hydrogen-bond donors (Lipinski definition) is 2. The summed E-state index contributed by atoms with van der Waals surface area (Å²) in [5.41, 5.74) is 0.859. The van der Waals surface area contributed by atoms with Gasteiger partial charge in [-0.05, 0) is 55.8 Å². The second-order valence-electron chi connectivity index (χ2n) is 6.72. The Hall–Kier alpha value is -1.84. The van der Waals surface area contributed by atoms with Gasteiger partial charge in [-0.1, -0.05) is 0 Å². The molecule has 0 unspecified atom stereocenters. The van der Waals surface area contributed by atoms with Crippen LogP contribution in [0.25, 0.3) is 11.0 Å². The number of pyridine rings is 1. The SMILES string of the molecule is Cn1cc(I)c2cc(C(=O)NCCCNC(=O)OC(C)(C)C)cnc21. The van der Waals surface area contributed by atoms with Crippen molar-refractivity contribution in [2.24, 2.45) is 7.05 Å². The van der Waals surface area contributed by atoms with E-state index in [9.17, 15) is 9.59 Å². The Kier molecular flexibility index (Phi) is 6.26. The van der Waals surface area contributed by atoms with Crippen LogP contribution < -0.4 is 10.6 Å². The highest BCUT2D eigenvalue weighted by Crippen LogP contribution is 2.21. The third-order valence-electron chi connectivity index (χ3n) is 3.33. The van der Waals surface area contributed by atoms with Crippen molar-refractivity contribution in [2.75, 3.05) is 13.1 Å². The summed E-state index contributed by atoms with van der Waals surface area (Å²) in [5, 5.41) is 6.45. The highest BCUT2D eigenvalue weighted by atomic mass is 127. The van der Waals surface area contributed by atoms with Crippen molar-refractivity contribution in [1.82, 2.24) is 20.2 Å². The van der Waals surface area contributed by atoms with Crippen molar-refractivity contribution in [3.05, 3.63) is 27.6 Å². The first-order valence-corrected chi connectivity index (χ1v) is 9.11. The number of alkyl carbamates (subject to hydrolysis) is 1. The molecule has 0 bridgehead atoms. The molecule has 0 atom stereocenters. The number of fused-ring (bicyclic) bond motifs is 1. The summed E-state index contributed by atoms with van der Waals surface area (Å²) >= 11 is 2.23. The maximum Gasteiger partial charge on any atom is 0.407 e. The van der Waals surface area contributed by atoms with Crippen LogP contribution in [0.15, 0.2) is 18.5 Å². The van der Waals surface area contributed by atoms with Crippen molar-refractivity contribution in [3.8, 4) is 0 Å². The number of rotatable bonds is 5. The van der Waals surface area contributed by atoms with E-state index in [2.05, 4.69) is 38.2 Å². The van der Waals surface area contributed by atoms with E-state index in [0.717, 1.165) is 14.6 Å². The zero-order valence-corrected chi connectivity index (χ0v) is 17.0. The molecular weight excluding hydrogens is 435 g/mol. The zero-order chi connectivity index (χ0) is 18.6. The van der Waals surface area contributed by atoms with Crippen molar-refractivity contribution in [2.45, 2.75) is 32.8 Å². The molecule has 2 N–H and O–H groups in total. The minimum atomic E-state index is -0.515. The average molecular weight is 458 g/mol. The zero-order valence-electron chi connectivity index (χ0n) is 14.9. The van der Waals surface area contributed by atoms with Gasteiger partial charge in [0.15, 0.2) is 0 Å². The second-order valence-corrected chi connectivity index (χ2v) is 7.88. The number of aromatic nitrogens is 2. The van der Waals surface area contributed by atoms with E-state index < -0.39 is 11.7 Å². The molecule has 0 radical (unpaired) electrons. The van der Waals surface area contributed by atoms with E-state index in [1.165, 1.54) is 0 Å². The van der Waals surface area contributed by atoms with Crippen molar-refractivity contribution < 1.29 is 14.3 Å². The molecule has 7 nitrogen and oxygen atoms in total. The van der Waals surface area contributed by atoms with Gasteiger partial charge in [0.05, 0.1) is 5.56 Å². The normalized spacial score (nSPS) is 11.4. The molecule has 2 rings (SSSR count). The van der Waals surface area contributed by atoms with Crippen LogP contribution >= 0.6 is 22.6 Å². The molecule has 2 heterocycles. The Morgan fingerprint density at radius 3 is 2.64 bits per heavy atom. The maximum atomic E-state index is 12.2. The van der Waals surface area contributed by atoms with E-state index in [4.69, 9.17) is 4.74 Å². The molecule has 0 aliphatic heterocycles. The lowest BCUT2D eigenvalue weighted by atomic mass is 10.2. The van der Waals surface area contributed by atoms with Crippen molar-refractivity contribution >= 4 is 45.6 Å². The monoisotopic (exact) mass is 458 g/mol. The quantitative estimate of drug-likeness (QED) is 0.533. The van der Waals surface area contributed by atoms with E-state index in [1.54, 1.807) is 6.20 Å². The van der Waals surface area contributed by atoms with Crippen LogP contribution in [-0.2, 0) is 11.8 Å². The number of carbonyl (C=O) groups excluding carboxylic acids is 2. The predicted molar refractivity (Wildman–Crippen MR) is 105 cm³/mol. The number of hydrogen-bond acceptors (Lipinski definition) is 4. The highest BCUT2D eigenvalue weighted by molar-refractivity contribution is 14.1.